The molecule has 0 aliphatic carbocycles. The first-order valence-corrected chi connectivity index (χ1v) is 8.59. The van der Waals surface area contributed by atoms with E-state index in [-0.39, 0.29) is 11.9 Å². The Bertz CT molecular complexity index is 984. The van der Waals surface area contributed by atoms with Gasteiger partial charge in [0, 0.05) is 25.2 Å². The summed E-state index contributed by atoms with van der Waals surface area (Å²) in [6.45, 7) is 2.80. The predicted octanol–water partition coefficient (Wildman–Crippen LogP) is 3.83. The number of benzene rings is 1. The third-order valence-electron chi connectivity index (χ3n) is 4.89. The molecule has 0 atom stereocenters. The van der Waals surface area contributed by atoms with Crippen LogP contribution in [0.1, 0.15) is 40.7 Å². The zero-order valence-corrected chi connectivity index (χ0v) is 14.5. The lowest BCUT2D eigenvalue weighted by Crippen LogP contribution is -2.39. The molecule has 0 radical (unpaired) electrons. The van der Waals surface area contributed by atoms with E-state index in [9.17, 15) is 18.0 Å². The van der Waals surface area contributed by atoms with Gasteiger partial charge >= 0.3 is 6.18 Å². The minimum atomic E-state index is -4.39. The third kappa shape index (κ3) is 3.29. The number of aromatic nitrogens is 3. The van der Waals surface area contributed by atoms with Gasteiger partial charge in [0.25, 0.3) is 5.91 Å². The number of amides is 1. The Morgan fingerprint density at radius 3 is 2.59 bits per heavy atom. The topological polar surface area (TPSA) is 64.2 Å². The van der Waals surface area contributed by atoms with Gasteiger partial charge in [0.1, 0.15) is 5.76 Å². The summed E-state index contributed by atoms with van der Waals surface area (Å²) in [5.74, 6) is 0.409. The molecule has 6 nitrogen and oxygen atoms in total. The second-order valence-electron chi connectivity index (χ2n) is 6.70. The van der Waals surface area contributed by atoms with E-state index < -0.39 is 11.7 Å². The predicted molar refractivity (Wildman–Crippen MR) is 90.1 cm³/mol. The summed E-state index contributed by atoms with van der Waals surface area (Å²) >= 11 is 0. The highest BCUT2D eigenvalue weighted by molar-refractivity contribution is 5.92. The number of aryl methyl sites for hydroxylation is 1. The number of fused-ring (bicyclic) bond motifs is 1. The molecule has 9 heteroatoms. The van der Waals surface area contributed by atoms with Crippen molar-refractivity contribution in [3.63, 3.8) is 0 Å². The Labute approximate surface area is 152 Å². The van der Waals surface area contributed by atoms with Crippen molar-refractivity contribution < 1.29 is 22.5 Å². The van der Waals surface area contributed by atoms with Crippen LogP contribution in [0, 0.1) is 6.92 Å². The quantitative estimate of drug-likeness (QED) is 0.680. The largest absolute Gasteiger partial charge is 0.416 e. The number of carbonyl (C=O) groups excluding carboxylic acids is 1. The normalized spacial score (nSPS) is 16.2. The lowest BCUT2D eigenvalue weighted by molar-refractivity contribution is -0.137. The van der Waals surface area contributed by atoms with E-state index >= 15 is 0 Å². The molecule has 0 unspecified atom stereocenters. The summed E-state index contributed by atoms with van der Waals surface area (Å²) in [4.78, 5) is 18.3. The molecule has 4 rings (SSSR count). The van der Waals surface area contributed by atoms with Crippen LogP contribution in [0.15, 0.2) is 35.1 Å². The summed E-state index contributed by atoms with van der Waals surface area (Å²) in [5.41, 5.74) is 0.573. The monoisotopic (exact) mass is 378 g/mol. The third-order valence-corrected chi connectivity index (χ3v) is 4.89. The lowest BCUT2D eigenvalue weighted by atomic mass is 10.0. The molecule has 1 saturated heterocycles. The van der Waals surface area contributed by atoms with Crippen molar-refractivity contribution in [2.45, 2.75) is 32.0 Å². The van der Waals surface area contributed by atoms with Gasteiger partial charge in [-0.1, -0.05) is 5.16 Å². The zero-order valence-electron chi connectivity index (χ0n) is 14.5. The van der Waals surface area contributed by atoms with E-state index in [2.05, 4.69) is 10.1 Å². The van der Waals surface area contributed by atoms with Crippen molar-refractivity contribution in [1.29, 1.82) is 0 Å². The summed E-state index contributed by atoms with van der Waals surface area (Å²) in [5, 5.41) is 3.76. The molecule has 1 aliphatic rings. The fourth-order valence-corrected chi connectivity index (χ4v) is 3.48. The van der Waals surface area contributed by atoms with Crippen molar-refractivity contribution in [1.82, 2.24) is 19.6 Å². The molecule has 142 valence electrons. The smallest absolute Gasteiger partial charge is 0.361 e. The van der Waals surface area contributed by atoms with Gasteiger partial charge in [-0.05, 0) is 38.0 Å². The van der Waals surface area contributed by atoms with E-state index in [1.165, 1.54) is 6.07 Å². The van der Waals surface area contributed by atoms with Crippen LogP contribution in [0.2, 0.25) is 0 Å². The summed E-state index contributed by atoms with van der Waals surface area (Å²) in [6, 6.07) is 5.29. The van der Waals surface area contributed by atoms with Crippen LogP contribution in [0.3, 0.4) is 0 Å². The van der Waals surface area contributed by atoms with Gasteiger partial charge in [0.15, 0.2) is 5.69 Å². The van der Waals surface area contributed by atoms with Crippen LogP contribution in [0.25, 0.3) is 11.0 Å². The van der Waals surface area contributed by atoms with E-state index in [0.29, 0.717) is 48.4 Å². The van der Waals surface area contributed by atoms with Crippen molar-refractivity contribution >= 4 is 16.9 Å². The Kier molecular flexibility index (Phi) is 4.16. The first kappa shape index (κ1) is 17.6. The highest BCUT2D eigenvalue weighted by atomic mass is 19.4. The standard InChI is InChI=1S/C18H17F3N4O2/c1-11-8-15(23-27-11)17(26)24-6-4-13(5-7-24)25-10-22-14-9-12(18(19,20)21)2-3-16(14)25/h2-3,8-10,13H,4-7H2,1H3. The van der Waals surface area contributed by atoms with Crippen LogP contribution in [0.5, 0.6) is 0 Å². The second kappa shape index (κ2) is 6.40. The van der Waals surface area contributed by atoms with Crippen molar-refractivity contribution in [2.24, 2.45) is 0 Å². The number of rotatable bonds is 2. The van der Waals surface area contributed by atoms with Crippen molar-refractivity contribution in [3.8, 4) is 0 Å². The van der Waals surface area contributed by atoms with Gasteiger partial charge in [-0.15, -0.1) is 0 Å². The Hall–Kier alpha value is -2.84. The summed E-state index contributed by atoms with van der Waals surface area (Å²) < 4.78 is 45.4. The molecule has 1 amide bonds. The number of hydrogen-bond donors (Lipinski definition) is 0. The Balaban J connectivity index is 1.49. The van der Waals surface area contributed by atoms with Gasteiger partial charge < -0.3 is 14.0 Å². The molecule has 1 aliphatic heterocycles. The number of carbonyl (C=O) groups is 1. The van der Waals surface area contributed by atoms with Gasteiger partial charge in [0.2, 0.25) is 0 Å². The van der Waals surface area contributed by atoms with E-state index in [0.717, 1.165) is 12.1 Å². The molecule has 0 saturated carbocycles. The number of nitrogens with zero attached hydrogens (tertiary/aromatic N) is 4. The summed E-state index contributed by atoms with van der Waals surface area (Å²) in [7, 11) is 0. The molecule has 3 heterocycles. The zero-order chi connectivity index (χ0) is 19.2. The number of halogens is 3. The van der Waals surface area contributed by atoms with Crippen LogP contribution < -0.4 is 0 Å². The maximum atomic E-state index is 12.9. The molecular weight excluding hydrogens is 361 g/mol. The number of imidazole rings is 1. The molecular formula is C18H17F3N4O2. The van der Waals surface area contributed by atoms with E-state index in [1.54, 1.807) is 24.2 Å². The SMILES string of the molecule is Cc1cc(C(=O)N2CCC(n3cnc4cc(C(F)(F)F)ccc43)CC2)no1. The van der Waals surface area contributed by atoms with Crippen LogP contribution >= 0.6 is 0 Å². The van der Waals surface area contributed by atoms with E-state index in [4.69, 9.17) is 4.52 Å². The summed E-state index contributed by atoms with van der Waals surface area (Å²) in [6.07, 6.45) is -1.43. The van der Waals surface area contributed by atoms with Crippen LogP contribution in [-0.2, 0) is 6.18 Å². The van der Waals surface area contributed by atoms with Gasteiger partial charge in [-0.2, -0.15) is 13.2 Å². The maximum Gasteiger partial charge on any atom is 0.416 e. The number of piperidine rings is 1. The van der Waals surface area contributed by atoms with Crippen molar-refractivity contribution in [3.05, 3.63) is 47.6 Å². The van der Waals surface area contributed by atoms with Gasteiger partial charge in [0.05, 0.1) is 22.9 Å². The molecule has 3 aromatic rings. The first-order chi connectivity index (χ1) is 12.8. The maximum absolute atomic E-state index is 12.9. The molecule has 2 aromatic heterocycles. The van der Waals surface area contributed by atoms with Crippen LogP contribution in [-0.4, -0.2) is 38.6 Å². The number of hydrogen-bond acceptors (Lipinski definition) is 4. The highest BCUT2D eigenvalue weighted by Gasteiger charge is 2.31. The minimum absolute atomic E-state index is 0.0785. The minimum Gasteiger partial charge on any atom is -0.361 e. The molecule has 0 bridgehead atoms. The highest BCUT2D eigenvalue weighted by Crippen LogP contribution is 2.33. The Morgan fingerprint density at radius 1 is 1.22 bits per heavy atom. The molecule has 1 fully saturated rings. The van der Waals surface area contributed by atoms with Crippen LogP contribution in [0.4, 0.5) is 13.2 Å². The Morgan fingerprint density at radius 2 is 1.96 bits per heavy atom. The molecule has 0 N–H and O–H groups in total. The fraction of sp³-hybridized carbons (Fsp3) is 0.389. The first-order valence-electron chi connectivity index (χ1n) is 8.59. The van der Waals surface area contributed by atoms with Crippen molar-refractivity contribution in [2.75, 3.05) is 13.1 Å². The van der Waals surface area contributed by atoms with E-state index in [1.807, 2.05) is 4.57 Å². The second-order valence-corrected chi connectivity index (χ2v) is 6.70. The average Bonchev–Trinajstić information content (AvgIpc) is 3.26. The van der Waals surface area contributed by atoms with Gasteiger partial charge in [-0.25, -0.2) is 4.98 Å². The number of likely N-dealkylation sites (tertiary alicyclic amines) is 1. The van der Waals surface area contributed by atoms with Gasteiger partial charge in [-0.3, -0.25) is 4.79 Å². The average molecular weight is 378 g/mol. The molecule has 1 aromatic carbocycles. The lowest BCUT2D eigenvalue weighted by Gasteiger charge is -2.32. The molecule has 0 spiro atoms. The molecule has 27 heavy (non-hydrogen) atoms. The number of alkyl halides is 3. The fourth-order valence-electron chi connectivity index (χ4n) is 3.48.